The first kappa shape index (κ1) is 16.4. The molecule has 0 aliphatic carbocycles. The monoisotopic (exact) mass is 337 g/mol. The molecule has 1 unspecified atom stereocenters. The molecule has 0 saturated carbocycles. The second-order valence-electron chi connectivity index (χ2n) is 6.22. The third kappa shape index (κ3) is 3.91. The Hall–Kier alpha value is -1.44. The topological polar surface area (TPSA) is 69.7 Å². The maximum Gasteiger partial charge on any atom is 0.279 e. The highest BCUT2D eigenvalue weighted by atomic mass is 32.2. The van der Waals surface area contributed by atoms with Gasteiger partial charge in [0.25, 0.3) is 10.2 Å². The minimum atomic E-state index is -3.42. The molecule has 0 aromatic heterocycles. The van der Waals surface area contributed by atoms with Gasteiger partial charge in [0.2, 0.25) is 5.91 Å². The molecule has 1 atom stereocenters. The molecule has 126 valence electrons. The van der Waals surface area contributed by atoms with E-state index < -0.39 is 10.2 Å². The Kier molecular flexibility index (Phi) is 4.99. The van der Waals surface area contributed by atoms with Crippen LogP contribution in [0.4, 0.5) is 5.69 Å². The maximum atomic E-state index is 12.3. The summed E-state index contributed by atoms with van der Waals surface area (Å²) in [5, 5.41) is 0. The molecule has 1 aromatic carbocycles. The summed E-state index contributed by atoms with van der Waals surface area (Å²) in [6.45, 7) is 2.06. The van der Waals surface area contributed by atoms with E-state index in [1.54, 1.807) is 4.90 Å². The van der Waals surface area contributed by atoms with Crippen molar-refractivity contribution in [3.05, 3.63) is 30.3 Å². The molecule has 2 heterocycles. The molecule has 0 radical (unpaired) electrons. The standard InChI is InChI=1S/C16H23N3O3S/c20-16-11-14(13-19(16)15-7-3-1-4-8-15)12-17-23(21,22)18-9-5-2-6-10-18/h1,3-4,7-8,14,17H,2,5-6,9-13H2. The van der Waals surface area contributed by atoms with Crippen LogP contribution in [0.15, 0.2) is 30.3 Å². The van der Waals surface area contributed by atoms with Crippen LogP contribution in [0, 0.1) is 5.92 Å². The average molecular weight is 337 g/mol. The van der Waals surface area contributed by atoms with Crippen molar-refractivity contribution in [1.82, 2.24) is 9.03 Å². The lowest BCUT2D eigenvalue weighted by atomic mass is 10.1. The van der Waals surface area contributed by atoms with Crippen LogP contribution in [-0.4, -0.2) is 44.8 Å². The van der Waals surface area contributed by atoms with Gasteiger partial charge in [-0.15, -0.1) is 0 Å². The molecular formula is C16H23N3O3S. The van der Waals surface area contributed by atoms with E-state index in [0.717, 1.165) is 24.9 Å². The van der Waals surface area contributed by atoms with Crippen LogP contribution in [0.2, 0.25) is 0 Å². The molecule has 0 bridgehead atoms. The summed E-state index contributed by atoms with van der Waals surface area (Å²) < 4.78 is 28.8. The van der Waals surface area contributed by atoms with Crippen molar-refractivity contribution in [3.8, 4) is 0 Å². The number of piperidine rings is 1. The summed E-state index contributed by atoms with van der Waals surface area (Å²) in [7, 11) is -3.42. The van der Waals surface area contributed by atoms with Crippen LogP contribution in [-0.2, 0) is 15.0 Å². The van der Waals surface area contributed by atoms with Crippen LogP contribution < -0.4 is 9.62 Å². The molecule has 2 aliphatic heterocycles. The fraction of sp³-hybridized carbons (Fsp3) is 0.562. The zero-order valence-electron chi connectivity index (χ0n) is 13.1. The minimum absolute atomic E-state index is 0.0160. The van der Waals surface area contributed by atoms with Gasteiger partial charge in [-0.2, -0.15) is 12.7 Å². The highest BCUT2D eigenvalue weighted by Crippen LogP contribution is 2.24. The number of nitrogens with zero attached hydrogens (tertiary/aromatic N) is 2. The van der Waals surface area contributed by atoms with Gasteiger partial charge >= 0.3 is 0 Å². The maximum absolute atomic E-state index is 12.3. The van der Waals surface area contributed by atoms with E-state index >= 15 is 0 Å². The molecule has 3 rings (SSSR count). The zero-order valence-corrected chi connectivity index (χ0v) is 14.0. The van der Waals surface area contributed by atoms with Crippen LogP contribution in [0.5, 0.6) is 0 Å². The fourth-order valence-electron chi connectivity index (χ4n) is 3.20. The smallest absolute Gasteiger partial charge is 0.279 e. The van der Waals surface area contributed by atoms with E-state index in [-0.39, 0.29) is 11.8 Å². The van der Waals surface area contributed by atoms with E-state index in [1.165, 1.54) is 4.31 Å². The second-order valence-corrected chi connectivity index (χ2v) is 7.98. The van der Waals surface area contributed by atoms with Crippen LogP contribution in [0.3, 0.4) is 0 Å². The molecule has 7 heteroatoms. The fourth-order valence-corrected chi connectivity index (χ4v) is 4.56. The summed E-state index contributed by atoms with van der Waals surface area (Å²) in [6, 6.07) is 9.51. The Morgan fingerprint density at radius 3 is 2.48 bits per heavy atom. The molecule has 23 heavy (non-hydrogen) atoms. The number of carbonyl (C=O) groups excluding carboxylic acids is 1. The van der Waals surface area contributed by atoms with Crippen molar-refractivity contribution < 1.29 is 13.2 Å². The normalized spacial score (nSPS) is 23.4. The lowest BCUT2D eigenvalue weighted by Gasteiger charge is -2.26. The SMILES string of the molecule is O=C1CC(CNS(=O)(=O)N2CCCCC2)CN1c1ccccc1. The molecule has 2 aliphatic rings. The number of hydrogen-bond donors (Lipinski definition) is 1. The van der Waals surface area contributed by atoms with Gasteiger partial charge in [0, 0.05) is 38.3 Å². The summed E-state index contributed by atoms with van der Waals surface area (Å²) in [6.07, 6.45) is 3.32. The van der Waals surface area contributed by atoms with E-state index in [1.807, 2.05) is 30.3 Å². The van der Waals surface area contributed by atoms with Crippen molar-refractivity contribution >= 4 is 21.8 Å². The van der Waals surface area contributed by atoms with Gasteiger partial charge in [0.1, 0.15) is 0 Å². The van der Waals surface area contributed by atoms with Crippen molar-refractivity contribution in [2.45, 2.75) is 25.7 Å². The summed E-state index contributed by atoms with van der Waals surface area (Å²) in [5.74, 6) is 0.0700. The first-order valence-corrected chi connectivity index (χ1v) is 9.60. The summed E-state index contributed by atoms with van der Waals surface area (Å²) >= 11 is 0. The molecule has 2 saturated heterocycles. The van der Waals surface area contributed by atoms with Gasteiger partial charge in [0.15, 0.2) is 0 Å². The van der Waals surface area contributed by atoms with Gasteiger partial charge in [-0.05, 0) is 30.9 Å². The van der Waals surface area contributed by atoms with Crippen molar-refractivity contribution in [2.75, 3.05) is 31.1 Å². The quantitative estimate of drug-likeness (QED) is 0.882. The average Bonchev–Trinajstić information content (AvgIpc) is 2.96. The third-order valence-corrected chi connectivity index (χ3v) is 6.06. The van der Waals surface area contributed by atoms with E-state index in [0.29, 0.717) is 32.6 Å². The molecule has 0 spiro atoms. The predicted molar refractivity (Wildman–Crippen MR) is 89.2 cm³/mol. The number of para-hydroxylation sites is 1. The lowest BCUT2D eigenvalue weighted by Crippen LogP contribution is -2.45. The summed E-state index contributed by atoms with van der Waals surface area (Å²) in [4.78, 5) is 13.9. The number of benzene rings is 1. The first-order valence-electron chi connectivity index (χ1n) is 8.16. The van der Waals surface area contributed by atoms with E-state index in [4.69, 9.17) is 0 Å². The molecule has 6 nitrogen and oxygen atoms in total. The van der Waals surface area contributed by atoms with Gasteiger partial charge in [-0.3, -0.25) is 4.79 Å². The molecule has 1 amide bonds. The zero-order chi connectivity index (χ0) is 16.3. The largest absolute Gasteiger partial charge is 0.312 e. The van der Waals surface area contributed by atoms with Gasteiger partial charge in [-0.1, -0.05) is 24.6 Å². The molecular weight excluding hydrogens is 314 g/mol. The van der Waals surface area contributed by atoms with Gasteiger partial charge in [-0.25, -0.2) is 4.72 Å². The highest BCUT2D eigenvalue weighted by molar-refractivity contribution is 7.87. The Morgan fingerprint density at radius 1 is 1.09 bits per heavy atom. The first-order chi connectivity index (χ1) is 11.1. The van der Waals surface area contributed by atoms with Crippen molar-refractivity contribution in [2.24, 2.45) is 5.92 Å². The third-order valence-electron chi connectivity index (χ3n) is 4.48. The number of hydrogen-bond acceptors (Lipinski definition) is 3. The van der Waals surface area contributed by atoms with Gasteiger partial charge < -0.3 is 4.90 Å². The minimum Gasteiger partial charge on any atom is -0.312 e. The Bertz CT molecular complexity index is 642. The second kappa shape index (κ2) is 6.98. The van der Waals surface area contributed by atoms with Crippen LogP contribution in [0.1, 0.15) is 25.7 Å². The predicted octanol–water partition coefficient (Wildman–Crippen LogP) is 1.36. The molecule has 2 fully saturated rings. The Labute approximate surface area is 137 Å². The number of rotatable bonds is 5. The number of carbonyl (C=O) groups is 1. The Morgan fingerprint density at radius 2 is 1.78 bits per heavy atom. The number of nitrogens with one attached hydrogen (secondary N) is 1. The molecule has 1 aromatic rings. The van der Waals surface area contributed by atoms with Gasteiger partial charge in [0.05, 0.1) is 0 Å². The van der Waals surface area contributed by atoms with Crippen molar-refractivity contribution in [3.63, 3.8) is 0 Å². The lowest BCUT2D eigenvalue weighted by molar-refractivity contribution is -0.117. The van der Waals surface area contributed by atoms with Crippen LogP contribution >= 0.6 is 0 Å². The molecule has 1 N–H and O–H groups in total. The van der Waals surface area contributed by atoms with Crippen molar-refractivity contribution in [1.29, 1.82) is 0 Å². The number of anilines is 1. The highest BCUT2D eigenvalue weighted by Gasteiger charge is 2.32. The number of amides is 1. The van der Waals surface area contributed by atoms with Crippen LogP contribution in [0.25, 0.3) is 0 Å². The van der Waals surface area contributed by atoms with E-state index in [9.17, 15) is 13.2 Å². The van der Waals surface area contributed by atoms with E-state index in [2.05, 4.69) is 4.72 Å². The summed E-state index contributed by atoms with van der Waals surface area (Å²) in [5.41, 5.74) is 0.874. The Balaban J connectivity index is 1.56.